The van der Waals surface area contributed by atoms with E-state index < -0.39 is 6.10 Å². The number of nitrogens with one attached hydrogen (secondary N) is 1. The molecule has 0 saturated carbocycles. The molecule has 1 aromatic heterocycles. The van der Waals surface area contributed by atoms with Gasteiger partial charge < -0.3 is 10.1 Å². The number of nitrogens with zero attached hydrogens (tertiary/aromatic N) is 2. The molecule has 0 aliphatic rings. The largest absolute Gasteiger partial charge is 0.481 e. The zero-order valence-corrected chi connectivity index (χ0v) is 16.7. The minimum Gasteiger partial charge on any atom is -0.481 e. The highest BCUT2D eigenvalue weighted by molar-refractivity contribution is 6.32. The van der Waals surface area contributed by atoms with Crippen molar-refractivity contribution in [1.29, 1.82) is 0 Å². The molecule has 3 rings (SSSR count). The van der Waals surface area contributed by atoms with Crippen molar-refractivity contribution in [3.05, 3.63) is 57.0 Å². The van der Waals surface area contributed by atoms with E-state index in [1.807, 2.05) is 32.0 Å². The molecule has 6 nitrogen and oxygen atoms in total. The van der Waals surface area contributed by atoms with Crippen molar-refractivity contribution < 1.29 is 9.53 Å². The van der Waals surface area contributed by atoms with E-state index in [-0.39, 0.29) is 11.6 Å². The summed E-state index contributed by atoms with van der Waals surface area (Å²) >= 11 is 6.17. The predicted molar refractivity (Wildman–Crippen MR) is 108 cm³/mol. The van der Waals surface area contributed by atoms with Gasteiger partial charge in [0.1, 0.15) is 5.75 Å². The molecule has 0 fully saturated rings. The summed E-state index contributed by atoms with van der Waals surface area (Å²) in [6.45, 7) is 5.48. The van der Waals surface area contributed by atoms with Crippen LogP contribution in [-0.2, 0) is 18.9 Å². The molecule has 1 amide bonds. The summed E-state index contributed by atoms with van der Waals surface area (Å²) in [6.07, 6.45) is -0.694. The van der Waals surface area contributed by atoms with E-state index >= 15 is 0 Å². The van der Waals surface area contributed by atoms with Crippen molar-refractivity contribution >= 4 is 34.2 Å². The molecule has 1 atom stereocenters. The summed E-state index contributed by atoms with van der Waals surface area (Å²) in [4.78, 5) is 24.5. The van der Waals surface area contributed by atoms with Gasteiger partial charge in [0, 0.05) is 24.8 Å². The van der Waals surface area contributed by atoms with E-state index in [0.717, 1.165) is 22.2 Å². The van der Waals surface area contributed by atoms with Crippen molar-refractivity contribution in [2.24, 2.45) is 14.1 Å². The molecule has 0 saturated heterocycles. The Bertz CT molecular complexity index is 1070. The first kappa shape index (κ1) is 19.0. The Hall–Kier alpha value is -2.73. The van der Waals surface area contributed by atoms with Gasteiger partial charge in [-0.25, -0.2) is 4.79 Å². The Morgan fingerprint density at radius 3 is 2.30 bits per heavy atom. The van der Waals surface area contributed by atoms with Crippen LogP contribution in [0.3, 0.4) is 0 Å². The smallest absolute Gasteiger partial charge is 0.328 e. The van der Waals surface area contributed by atoms with Gasteiger partial charge >= 0.3 is 5.69 Å². The Morgan fingerprint density at radius 2 is 1.67 bits per heavy atom. The quantitative estimate of drug-likeness (QED) is 0.744. The van der Waals surface area contributed by atoms with E-state index in [2.05, 4.69) is 5.32 Å². The third-order valence-corrected chi connectivity index (χ3v) is 5.23. The summed E-state index contributed by atoms with van der Waals surface area (Å²) in [5.41, 5.74) is 3.84. The number of rotatable bonds is 4. The van der Waals surface area contributed by atoms with Crippen LogP contribution < -0.4 is 15.7 Å². The number of aryl methyl sites for hydroxylation is 4. The van der Waals surface area contributed by atoms with Gasteiger partial charge in [-0.15, -0.1) is 0 Å². The number of amides is 1. The van der Waals surface area contributed by atoms with Crippen LogP contribution in [0.25, 0.3) is 11.0 Å². The van der Waals surface area contributed by atoms with Gasteiger partial charge in [-0.3, -0.25) is 13.9 Å². The lowest BCUT2D eigenvalue weighted by Crippen LogP contribution is -2.30. The lowest BCUT2D eigenvalue weighted by molar-refractivity contribution is -0.122. The summed E-state index contributed by atoms with van der Waals surface area (Å²) in [7, 11) is 3.42. The Balaban J connectivity index is 1.77. The van der Waals surface area contributed by atoms with Gasteiger partial charge in [0.2, 0.25) is 0 Å². The number of halogens is 1. The maximum Gasteiger partial charge on any atom is 0.328 e. The van der Waals surface area contributed by atoms with Gasteiger partial charge in [-0.1, -0.05) is 11.6 Å². The molecule has 0 aliphatic heterocycles. The van der Waals surface area contributed by atoms with Gasteiger partial charge in [0.25, 0.3) is 5.91 Å². The fourth-order valence-electron chi connectivity index (χ4n) is 3.06. The van der Waals surface area contributed by atoms with E-state index in [0.29, 0.717) is 16.5 Å². The Labute approximate surface area is 162 Å². The molecule has 142 valence electrons. The zero-order chi connectivity index (χ0) is 19.9. The number of benzene rings is 2. The summed E-state index contributed by atoms with van der Waals surface area (Å²) in [6, 6.07) is 8.97. The number of imidazole rings is 1. The second-order valence-electron chi connectivity index (χ2n) is 6.72. The van der Waals surface area contributed by atoms with Crippen molar-refractivity contribution in [3.8, 4) is 5.75 Å². The maximum absolute atomic E-state index is 12.5. The van der Waals surface area contributed by atoms with Gasteiger partial charge in [-0.2, -0.15) is 0 Å². The van der Waals surface area contributed by atoms with Crippen LogP contribution in [0.4, 0.5) is 5.69 Å². The summed E-state index contributed by atoms with van der Waals surface area (Å²) in [5.74, 6) is 0.318. The highest BCUT2D eigenvalue weighted by atomic mass is 35.5. The molecular formula is C20H22ClN3O3. The van der Waals surface area contributed by atoms with Crippen LogP contribution in [0.5, 0.6) is 5.75 Å². The number of ether oxygens (including phenoxy) is 1. The van der Waals surface area contributed by atoms with Gasteiger partial charge in [0.15, 0.2) is 6.10 Å². The van der Waals surface area contributed by atoms with E-state index in [4.69, 9.17) is 16.3 Å². The first-order valence-electron chi connectivity index (χ1n) is 8.58. The fraction of sp³-hybridized carbons (Fsp3) is 0.300. The lowest BCUT2D eigenvalue weighted by Gasteiger charge is -2.16. The lowest BCUT2D eigenvalue weighted by atomic mass is 10.1. The normalized spacial score (nSPS) is 12.2. The van der Waals surface area contributed by atoms with Crippen LogP contribution in [0.2, 0.25) is 5.02 Å². The number of carbonyl (C=O) groups excluding carboxylic acids is 1. The molecule has 0 bridgehead atoms. The molecule has 1 N–H and O–H groups in total. The molecule has 0 unspecified atom stereocenters. The minimum atomic E-state index is -0.694. The summed E-state index contributed by atoms with van der Waals surface area (Å²) < 4.78 is 8.88. The third-order valence-electron chi connectivity index (χ3n) is 4.63. The number of fused-ring (bicyclic) bond motifs is 1. The first-order valence-corrected chi connectivity index (χ1v) is 8.96. The monoisotopic (exact) mass is 387 g/mol. The highest BCUT2D eigenvalue weighted by Gasteiger charge is 2.17. The van der Waals surface area contributed by atoms with Crippen molar-refractivity contribution in [2.75, 3.05) is 5.32 Å². The number of aromatic nitrogens is 2. The van der Waals surface area contributed by atoms with E-state index in [1.165, 1.54) is 0 Å². The van der Waals surface area contributed by atoms with Gasteiger partial charge in [-0.05, 0) is 62.2 Å². The number of carbonyl (C=O) groups is 1. The molecular weight excluding hydrogens is 366 g/mol. The fourth-order valence-corrected chi connectivity index (χ4v) is 3.17. The standard InChI is InChI=1S/C20H22ClN3O3/c1-11-8-15(9-12(2)18(11)21)27-13(3)19(25)22-14-6-7-16-17(10-14)24(5)20(26)23(16)4/h6-10,13H,1-5H3,(H,22,25)/t13-/m0/s1. The molecule has 27 heavy (non-hydrogen) atoms. The third kappa shape index (κ3) is 3.57. The molecule has 0 aliphatic carbocycles. The zero-order valence-electron chi connectivity index (χ0n) is 16.0. The first-order chi connectivity index (χ1) is 12.7. The number of anilines is 1. The average molecular weight is 388 g/mol. The maximum atomic E-state index is 12.5. The Kier molecular flexibility index (Phi) is 5.02. The van der Waals surface area contributed by atoms with Crippen molar-refractivity contribution in [3.63, 3.8) is 0 Å². The summed E-state index contributed by atoms with van der Waals surface area (Å²) in [5, 5.41) is 3.53. The SMILES string of the molecule is Cc1cc(O[C@@H](C)C(=O)Nc2ccc3c(c2)n(C)c(=O)n3C)cc(C)c1Cl. The van der Waals surface area contributed by atoms with Crippen LogP contribution in [0.1, 0.15) is 18.1 Å². The van der Waals surface area contributed by atoms with Crippen LogP contribution in [0, 0.1) is 13.8 Å². The predicted octanol–water partition coefficient (Wildman–Crippen LogP) is 3.55. The van der Waals surface area contributed by atoms with Gasteiger partial charge in [0.05, 0.1) is 11.0 Å². The van der Waals surface area contributed by atoms with Crippen LogP contribution in [0.15, 0.2) is 35.1 Å². The molecule has 0 spiro atoms. The van der Waals surface area contributed by atoms with E-state index in [1.54, 1.807) is 42.3 Å². The topological polar surface area (TPSA) is 65.3 Å². The highest BCUT2D eigenvalue weighted by Crippen LogP contribution is 2.26. The average Bonchev–Trinajstić information content (AvgIpc) is 2.83. The number of hydrogen-bond donors (Lipinski definition) is 1. The van der Waals surface area contributed by atoms with Crippen molar-refractivity contribution in [2.45, 2.75) is 26.9 Å². The molecule has 2 aromatic carbocycles. The molecule has 1 heterocycles. The molecule has 7 heteroatoms. The van der Waals surface area contributed by atoms with Crippen molar-refractivity contribution in [1.82, 2.24) is 9.13 Å². The van der Waals surface area contributed by atoms with E-state index in [9.17, 15) is 9.59 Å². The van der Waals surface area contributed by atoms with Crippen LogP contribution in [-0.4, -0.2) is 21.1 Å². The second-order valence-corrected chi connectivity index (χ2v) is 7.10. The second kappa shape index (κ2) is 7.12. The number of hydrogen-bond acceptors (Lipinski definition) is 3. The molecule has 3 aromatic rings. The Morgan fingerprint density at radius 1 is 1.07 bits per heavy atom. The van der Waals surface area contributed by atoms with Crippen LogP contribution >= 0.6 is 11.6 Å². The molecule has 0 radical (unpaired) electrons. The minimum absolute atomic E-state index is 0.112.